The van der Waals surface area contributed by atoms with Crippen LogP contribution in [0.2, 0.25) is 0 Å². The predicted molar refractivity (Wildman–Crippen MR) is 82.8 cm³/mol. The second kappa shape index (κ2) is 6.54. The third kappa shape index (κ3) is 3.21. The number of hydrogen-bond donors (Lipinski definition) is 0. The number of aromatic nitrogens is 3. The minimum absolute atomic E-state index is 0.210. The maximum absolute atomic E-state index is 13.8. The van der Waals surface area contributed by atoms with E-state index in [9.17, 15) is 22.0 Å². The Morgan fingerprint density at radius 1 is 1.12 bits per heavy atom. The normalized spacial score (nSPS) is 13.2. The van der Waals surface area contributed by atoms with Gasteiger partial charge in [0.15, 0.2) is 17.2 Å². The van der Waals surface area contributed by atoms with Crippen molar-refractivity contribution in [2.24, 2.45) is 0 Å². The molecule has 0 radical (unpaired) electrons. The molecule has 0 unspecified atom stereocenters. The van der Waals surface area contributed by atoms with Crippen molar-refractivity contribution in [2.75, 3.05) is 0 Å². The second-order valence-corrected chi connectivity index (χ2v) is 5.63. The first-order valence-corrected chi connectivity index (χ1v) is 7.78. The number of halogens is 5. The van der Waals surface area contributed by atoms with Crippen molar-refractivity contribution in [2.45, 2.75) is 32.5 Å². The average Bonchev–Trinajstić information content (AvgIpc) is 2.99. The summed E-state index contributed by atoms with van der Waals surface area (Å²) >= 11 is 0. The van der Waals surface area contributed by atoms with Gasteiger partial charge in [-0.1, -0.05) is 6.92 Å². The second-order valence-electron chi connectivity index (χ2n) is 5.63. The smallest absolute Gasteiger partial charge is 0.420 e. The minimum atomic E-state index is -4.59. The van der Waals surface area contributed by atoms with Crippen molar-refractivity contribution in [3.63, 3.8) is 0 Å². The Hall–Kier alpha value is -2.71. The van der Waals surface area contributed by atoms with E-state index in [4.69, 9.17) is 4.74 Å². The number of aryl methyl sites for hydroxylation is 1. The van der Waals surface area contributed by atoms with Gasteiger partial charge in [-0.05, 0) is 31.2 Å². The molecule has 2 heterocycles. The summed E-state index contributed by atoms with van der Waals surface area (Å²) < 4.78 is 73.2. The molecule has 26 heavy (non-hydrogen) atoms. The van der Waals surface area contributed by atoms with Crippen LogP contribution in [0, 0.1) is 11.6 Å². The van der Waals surface area contributed by atoms with Gasteiger partial charge in [-0.25, -0.2) is 8.78 Å². The fourth-order valence-corrected chi connectivity index (χ4v) is 2.67. The third-order valence-corrected chi connectivity index (χ3v) is 3.89. The Labute approximate surface area is 145 Å². The average molecular weight is 371 g/mol. The standard InChI is InChI=1S/C17H14F5N3O/c1-3-15-23-24-16-11(17(20,21)22)5-6-13(25(15)16)9(2)26-14-7-4-10(18)8-12(14)19/h4-9H,3H2,1-2H3/t9-/m0/s1. The maximum Gasteiger partial charge on any atom is 0.420 e. The molecule has 0 fully saturated rings. The van der Waals surface area contributed by atoms with Crippen LogP contribution in [0.5, 0.6) is 5.75 Å². The van der Waals surface area contributed by atoms with Gasteiger partial charge in [0.05, 0.1) is 5.69 Å². The van der Waals surface area contributed by atoms with Crippen LogP contribution in [0.3, 0.4) is 0 Å². The molecule has 0 saturated heterocycles. The molecule has 0 aliphatic carbocycles. The lowest BCUT2D eigenvalue weighted by Crippen LogP contribution is -2.14. The minimum Gasteiger partial charge on any atom is -0.481 e. The fraction of sp³-hybridized carbons (Fsp3) is 0.294. The third-order valence-electron chi connectivity index (χ3n) is 3.89. The molecule has 9 heteroatoms. The highest BCUT2D eigenvalue weighted by Gasteiger charge is 2.35. The zero-order chi connectivity index (χ0) is 19.1. The van der Waals surface area contributed by atoms with Gasteiger partial charge in [0.2, 0.25) is 0 Å². The Morgan fingerprint density at radius 2 is 1.85 bits per heavy atom. The van der Waals surface area contributed by atoms with Crippen molar-refractivity contribution in [3.8, 4) is 5.75 Å². The number of benzene rings is 1. The number of ether oxygens (including phenoxy) is 1. The Bertz CT molecular complexity index is 951. The molecule has 0 N–H and O–H groups in total. The van der Waals surface area contributed by atoms with Crippen LogP contribution in [0.25, 0.3) is 5.65 Å². The molecule has 0 aliphatic rings. The summed E-state index contributed by atoms with van der Waals surface area (Å²) in [6.07, 6.45) is -5.08. The van der Waals surface area contributed by atoms with E-state index in [0.717, 1.165) is 18.2 Å². The van der Waals surface area contributed by atoms with E-state index in [2.05, 4.69) is 10.2 Å². The van der Waals surface area contributed by atoms with Crippen molar-refractivity contribution in [1.82, 2.24) is 14.6 Å². The lowest BCUT2D eigenvalue weighted by atomic mass is 10.1. The molecule has 4 nitrogen and oxygen atoms in total. The monoisotopic (exact) mass is 371 g/mol. The molecule has 138 valence electrons. The van der Waals surface area contributed by atoms with Crippen molar-refractivity contribution in [1.29, 1.82) is 0 Å². The van der Waals surface area contributed by atoms with Crippen LogP contribution in [-0.2, 0) is 12.6 Å². The summed E-state index contributed by atoms with van der Waals surface area (Å²) in [5.41, 5.74) is -0.950. The quantitative estimate of drug-likeness (QED) is 0.623. The van der Waals surface area contributed by atoms with E-state index in [0.29, 0.717) is 24.0 Å². The number of fused-ring (bicyclic) bond motifs is 1. The number of alkyl halides is 3. The van der Waals surface area contributed by atoms with Crippen LogP contribution in [0.15, 0.2) is 30.3 Å². The molecule has 3 rings (SSSR count). The van der Waals surface area contributed by atoms with Gasteiger partial charge in [0.25, 0.3) is 0 Å². The van der Waals surface area contributed by atoms with Gasteiger partial charge in [-0.2, -0.15) is 13.2 Å². The van der Waals surface area contributed by atoms with Crippen LogP contribution >= 0.6 is 0 Å². The maximum atomic E-state index is 13.8. The molecule has 0 amide bonds. The van der Waals surface area contributed by atoms with E-state index < -0.39 is 29.5 Å². The first kappa shape index (κ1) is 18.1. The predicted octanol–water partition coefficient (Wildman–Crippen LogP) is 4.73. The zero-order valence-electron chi connectivity index (χ0n) is 13.8. The molecule has 0 spiro atoms. The number of nitrogens with zero attached hydrogens (tertiary/aromatic N) is 3. The number of hydrogen-bond acceptors (Lipinski definition) is 3. The highest BCUT2D eigenvalue weighted by molar-refractivity contribution is 5.51. The molecule has 0 aliphatic heterocycles. The van der Waals surface area contributed by atoms with Crippen LogP contribution < -0.4 is 4.74 Å². The van der Waals surface area contributed by atoms with Gasteiger partial charge in [-0.3, -0.25) is 4.40 Å². The van der Waals surface area contributed by atoms with E-state index in [1.807, 2.05) is 0 Å². The fourth-order valence-electron chi connectivity index (χ4n) is 2.67. The summed E-state index contributed by atoms with van der Waals surface area (Å²) in [5, 5.41) is 7.45. The lowest BCUT2D eigenvalue weighted by Gasteiger charge is -2.19. The molecular formula is C17H14F5N3O. The van der Waals surface area contributed by atoms with Gasteiger partial charge in [0, 0.05) is 12.5 Å². The highest BCUT2D eigenvalue weighted by atomic mass is 19.4. The first-order chi connectivity index (χ1) is 12.2. The largest absolute Gasteiger partial charge is 0.481 e. The summed E-state index contributed by atoms with van der Waals surface area (Å²) in [5.74, 6) is -1.56. The van der Waals surface area contributed by atoms with Gasteiger partial charge in [-0.15, -0.1) is 10.2 Å². The van der Waals surface area contributed by atoms with Crippen LogP contribution in [-0.4, -0.2) is 14.6 Å². The zero-order valence-corrected chi connectivity index (χ0v) is 13.8. The van der Waals surface area contributed by atoms with E-state index in [1.54, 1.807) is 13.8 Å². The SMILES string of the molecule is CCc1nnc2c(C(F)(F)F)ccc([C@H](C)Oc3ccc(F)cc3F)n12. The van der Waals surface area contributed by atoms with E-state index in [-0.39, 0.29) is 11.4 Å². The van der Waals surface area contributed by atoms with E-state index >= 15 is 0 Å². The van der Waals surface area contributed by atoms with Gasteiger partial charge >= 0.3 is 6.18 Å². The lowest BCUT2D eigenvalue weighted by molar-refractivity contribution is -0.136. The summed E-state index contributed by atoms with van der Waals surface area (Å²) in [6.45, 7) is 3.27. The molecule has 0 saturated carbocycles. The molecule has 0 bridgehead atoms. The number of pyridine rings is 1. The molecular weight excluding hydrogens is 357 g/mol. The Balaban J connectivity index is 2.08. The summed E-state index contributed by atoms with van der Waals surface area (Å²) in [7, 11) is 0. The van der Waals surface area contributed by atoms with Crippen molar-refractivity contribution >= 4 is 5.65 Å². The van der Waals surface area contributed by atoms with Crippen LogP contribution in [0.1, 0.15) is 37.0 Å². The first-order valence-electron chi connectivity index (χ1n) is 7.78. The Kier molecular flexibility index (Phi) is 4.55. The van der Waals surface area contributed by atoms with Crippen molar-refractivity contribution in [3.05, 3.63) is 59.0 Å². The Morgan fingerprint density at radius 3 is 2.46 bits per heavy atom. The van der Waals surface area contributed by atoms with Gasteiger partial charge in [0.1, 0.15) is 23.3 Å². The molecule has 1 aromatic carbocycles. The molecule has 3 aromatic rings. The van der Waals surface area contributed by atoms with Crippen LogP contribution in [0.4, 0.5) is 22.0 Å². The molecule has 2 aromatic heterocycles. The summed E-state index contributed by atoms with van der Waals surface area (Å²) in [6, 6.07) is 4.95. The highest BCUT2D eigenvalue weighted by Crippen LogP contribution is 2.34. The molecule has 1 atom stereocenters. The topological polar surface area (TPSA) is 39.4 Å². The summed E-state index contributed by atoms with van der Waals surface area (Å²) in [4.78, 5) is 0. The van der Waals surface area contributed by atoms with Crippen molar-refractivity contribution < 1.29 is 26.7 Å². The number of rotatable bonds is 4. The van der Waals surface area contributed by atoms with E-state index in [1.165, 1.54) is 10.5 Å². The van der Waals surface area contributed by atoms with Gasteiger partial charge < -0.3 is 4.74 Å².